The summed E-state index contributed by atoms with van der Waals surface area (Å²) in [5.41, 5.74) is 2.39. The predicted octanol–water partition coefficient (Wildman–Crippen LogP) is 1.44. The van der Waals surface area contributed by atoms with Crippen LogP contribution in [0.15, 0.2) is 6.20 Å². The first kappa shape index (κ1) is 13.0. The van der Waals surface area contributed by atoms with E-state index in [0.717, 1.165) is 11.7 Å². The van der Waals surface area contributed by atoms with Gasteiger partial charge in [0.25, 0.3) is 0 Å². The van der Waals surface area contributed by atoms with Gasteiger partial charge in [0.15, 0.2) is 5.11 Å². The molecular weight excluding hydrogens is 220 g/mol. The van der Waals surface area contributed by atoms with E-state index in [-0.39, 0.29) is 0 Å². The maximum Gasteiger partial charge on any atom is 0.169 e. The molecule has 0 aliphatic rings. The van der Waals surface area contributed by atoms with Crippen molar-refractivity contribution in [3.8, 4) is 0 Å². The van der Waals surface area contributed by atoms with Crippen LogP contribution in [0.4, 0.5) is 0 Å². The number of hydrogen-bond donors (Lipinski definition) is 1. The molecule has 1 aromatic heterocycles. The Morgan fingerprint density at radius 1 is 1.62 bits per heavy atom. The van der Waals surface area contributed by atoms with Crippen LogP contribution in [0.25, 0.3) is 0 Å². The van der Waals surface area contributed by atoms with E-state index >= 15 is 0 Å². The second kappa shape index (κ2) is 5.30. The predicted molar refractivity (Wildman–Crippen MR) is 70.3 cm³/mol. The highest BCUT2D eigenvalue weighted by atomic mass is 32.1. The number of thiocarbonyl (C=S) groups is 1. The largest absolute Gasteiger partial charge is 0.360 e. The van der Waals surface area contributed by atoms with E-state index in [1.165, 1.54) is 11.3 Å². The zero-order chi connectivity index (χ0) is 12.3. The summed E-state index contributed by atoms with van der Waals surface area (Å²) in [6.07, 6.45) is 1.89. The van der Waals surface area contributed by atoms with Gasteiger partial charge < -0.3 is 10.2 Å². The zero-order valence-electron chi connectivity index (χ0n) is 10.6. The molecule has 0 radical (unpaired) electrons. The SMILES string of the molecule is Cc1c(CN(C)C(=S)NC(C)C)cnn1C. The lowest BCUT2D eigenvalue weighted by Crippen LogP contribution is -2.40. The molecule has 0 atom stereocenters. The molecule has 0 unspecified atom stereocenters. The Morgan fingerprint density at radius 3 is 2.69 bits per heavy atom. The third-order valence-electron chi connectivity index (χ3n) is 2.50. The average Bonchev–Trinajstić information content (AvgIpc) is 2.48. The number of nitrogens with zero attached hydrogens (tertiary/aromatic N) is 3. The van der Waals surface area contributed by atoms with Gasteiger partial charge >= 0.3 is 0 Å². The summed E-state index contributed by atoms with van der Waals surface area (Å²) >= 11 is 5.29. The fourth-order valence-electron chi connectivity index (χ4n) is 1.38. The molecule has 1 N–H and O–H groups in total. The van der Waals surface area contributed by atoms with Crippen LogP contribution in [0.5, 0.6) is 0 Å². The molecule has 0 saturated heterocycles. The van der Waals surface area contributed by atoms with Crippen molar-refractivity contribution in [1.29, 1.82) is 0 Å². The van der Waals surface area contributed by atoms with E-state index in [9.17, 15) is 0 Å². The monoisotopic (exact) mass is 240 g/mol. The topological polar surface area (TPSA) is 33.1 Å². The highest BCUT2D eigenvalue weighted by Crippen LogP contribution is 2.08. The normalized spacial score (nSPS) is 10.6. The smallest absolute Gasteiger partial charge is 0.169 e. The molecule has 0 bridgehead atoms. The average molecular weight is 240 g/mol. The van der Waals surface area contributed by atoms with Crippen molar-refractivity contribution in [2.45, 2.75) is 33.4 Å². The third kappa shape index (κ3) is 3.20. The second-order valence-electron chi connectivity index (χ2n) is 4.34. The van der Waals surface area contributed by atoms with Crippen molar-refractivity contribution in [3.63, 3.8) is 0 Å². The summed E-state index contributed by atoms with van der Waals surface area (Å²) in [5.74, 6) is 0. The molecule has 4 nitrogen and oxygen atoms in total. The van der Waals surface area contributed by atoms with Crippen LogP contribution in [0.3, 0.4) is 0 Å². The van der Waals surface area contributed by atoms with E-state index in [1.54, 1.807) is 0 Å². The molecule has 1 heterocycles. The third-order valence-corrected chi connectivity index (χ3v) is 2.93. The van der Waals surface area contributed by atoms with Crippen LogP contribution in [0, 0.1) is 6.92 Å². The molecular formula is C11H20N4S. The molecule has 0 amide bonds. The Bertz CT molecular complexity index is 370. The Hall–Kier alpha value is -1.10. The highest BCUT2D eigenvalue weighted by Gasteiger charge is 2.09. The van der Waals surface area contributed by atoms with Crippen molar-refractivity contribution >= 4 is 17.3 Å². The van der Waals surface area contributed by atoms with Crippen LogP contribution in [-0.2, 0) is 13.6 Å². The van der Waals surface area contributed by atoms with Gasteiger partial charge in [-0.1, -0.05) is 0 Å². The number of hydrogen-bond acceptors (Lipinski definition) is 2. The first-order valence-corrected chi connectivity index (χ1v) is 5.81. The van der Waals surface area contributed by atoms with E-state index < -0.39 is 0 Å². The van der Waals surface area contributed by atoms with Gasteiger partial charge in [0.05, 0.1) is 6.20 Å². The van der Waals surface area contributed by atoms with Gasteiger partial charge in [0.2, 0.25) is 0 Å². The molecule has 0 saturated carbocycles. The van der Waals surface area contributed by atoms with Crippen molar-refractivity contribution in [2.75, 3.05) is 7.05 Å². The molecule has 0 spiro atoms. The van der Waals surface area contributed by atoms with E-state index in [4.69, 9.17) is 12.2 Å². The minimum atomic E-state index is 0.366. The van der Waals surface area contributed by atoms with Crippen LogP contribution in [-0.4, -0.2) is 32.9 Å². The van der Waals surface area contributed by atoms with Gasteiger partial charge in [-0.15, -0.1) is 0 Å². The molecule has 5 heteroatoms. The number of nitrogens with one attached hydrogen (secondary N) is 1. The fraction of sp³-hybridized carbons (Fsp3) is 0.636. The Kier molecular flexibility index (Phi) is 4.29. The summed E-state index contributed by atoms with van der Waals surface area (Å²) < 4.78 is 1.88. The van der Waals surface area contributed by atoms with Crippen molar-refractivity contribution in [2.24, 2.45) is 7.05 Å². The lowest BCUT2D eigenvalue weighted by atomic mass is 10.2. The summed E-state index contributed by atoms with van der Waals surface area (Å²) in [6, 6.07) is 0.366. The van der Waals surface area contributed by atoms with Gasteiger partial charge in [-0.05, 0) is 33.0 Å². The van der Waals surface area contributed by atoms with Crippen molar-refractivity contribution < 1.29 is 0 Å². The first-order valence-electron chi connectivity index (χ1n) is 5.41. The molecule has 0 fully saturated rings. The standard InChI is InChI=1S/C11H20N4S/c1-8(2)13-11(16)14(4)7-10-6-12-15(5)9(10)3/h6,8H,7H2,1-5H3,(H,13,16). The number of aryl methyl sites for hydroxylation is 1. The summed E-state index contributed by atoms with van der Waals surface area (Å²) in [5, 5.41) is 8.21. The molecule has 1 rings (SSSR count). The molecule has 1 aromatic rings. The number of aromatic nitrogens is 2. The van der Waals surface area contributed by atoms with Crippen LogP contribution >= 0.6 is 12.2 Å². The highest BCUT2D eigenvalue weighted by molar-refractivity contribution is 7.80. The quantitative estimate of drug-likeness (QED) is 0.811. The van der Waals surface area contributed by atoms with E-state index in [0.29, 0.717) is 6.04 Å². The summed E-state index contributed by atoms with van der Waals surface area (Å²) in [6.45, 7) is 7.01. The van der Waals surface area contributed by atoms with Gasteiger partial charge in [0.1, 0.15) is 0 Å². The lowest BCUT2D eigenvalue weighted by Gasteiger charge is -2.22. The number of rotatable bonds is 3. The molecule has 16 heavy (non-hydrogen) atoms. The van der Waals surface area contributed by atoms with Crippen LogP contribution in [0.2, 0.25) is 0 Å². The Balaban J connectivity index is 2.61. The van der Waals surface area contributed by atoms with E-state index in [2.05, 4.69) is 31.2 Å². The summed E-state index contributed by atoms with van der Waals surface area (Å²) in [4.78, 5) is 2.03. The zero-order valence-corrected chi connectivity index (χ0v) is 11.4. The van der Waals surface area contributed by atoms with Crippen molar-refractivity contribution in [1.82, 2.24) is 20.0 Å². The molecule has 90 valence electrons. The van der Waals surface area contributed by atoms with Gasteiger partial charge in [-0.3, -0.25) is 4.68 Å². The molecule has 0 aliphatic carbocycles. The molecule has 0 aliphatic heterocycles. The molecule has 0 aromatic carbocycles. The van der Waals surface area contributed by atoms with Gasteiger partial charge in [-0.2, -0.15) is 5.10 Å². The second-order valence-corrected chi connectivity index (χ2v) is 4.73. The maximum absolute atomic E-state index is 5.29. The van der Waals surface area contributed by atoms with Gasteiger partial charge in [0, 0.05) is 37.9 Å². The minimum absolute atomic E-state index is 0.366. The Morgan fingerprint density at radius 2 is 2.25 bits per heavy atom. The fourth-order valence-corrected chi connectivity index (χ4v) is 1.68. The first-order chi connectivity index (χ1) is 7.41. The minimum Gasteiger partial charge on any atom is -0.360 e. The Labute approximate surface area is 103 Å². The van der Waals surface area contributed by atoms with Gasteiger partial charge in [-0.25, -0.2) is 0 Å². The summed E-state index contributed by atoms with van der Waals surface area (Å²) in [7, 11) is 3.94. The van der Waals surface area contributed by atoms with Crippen molar-refractivity contribution in [3.05, 3.63) is 17.5 Å². The van der Waals surface area contributed by atoms with Crippen LogP contribution in [0.1, 0.15) is 25.1 Å². The van der Waals surface area contributed by atoms with E-state index in [1.807, 2.05) is 29.9 Å². The lowest BCUT2D eigenvalue weighted by molar-refractivity contribution is 0.479. The van der Waals surface area contributed by atoms with Crippen LogP contribution < -0.4 is 5.32 Å². The maximum atomic E-state index is 5.29.